The summed E-state index contributed by atoms with van der Waals surface area (Å²) in [4.78, 5) is 16.3. The highest BCUT2D eigenvalue weighted by molar-refractivity contribution is 7.46. The summed E-state index contributed by atoms with van der Waals surface area (Å²) in [6, 6.07) is 0. The molecule has 0 bridgehead atoms. The number of unbranched alkanes of at least 4 members (excludes halogenated alkanes) is 1. The highest BCUT2D eigenvalue weighted by Gasteiger charge is 2.11. The fourth-order valence-corrected chi connectivity index (χ4v) is 0.899. The number of ether oxygens (including phenoxy) is 1. The second-order valence-electron chi connectivity index (χ2n) is 2.46. The van der Waals surface area contributed by atoms with Crippen LogP contribution in [0.15, 0.2) is 0 Å². The fraction of sp³-hybridized carbons (Fsp3) is 1.00. The average molecular weight is 228 g/mol. The lowest BCUT2D eigenvalue weighted by molar-refractivity contribution is 0.162. The Balaban J connectivity index is 0. The maximum absolute atomic E-state index is 9.98. The van der Waals surface area contributed by atoms with Gasteiger partial charge in [-0.25, -0.2) is 4.57 Å². The zero-order chi connectivity index (χ0) is 11.4. The van der Waals surface area contributed by atoms with E-state index in [4.69, 9.17) is 14.5 Å². The van der Waals surface area contributed by atoms with Crippen molar-refractivity contribution in [1.82, 2.24) is 0 Å². The summed E-state index contributed by atoms with van der Waals surface area (Å²) in [5, 5.41) is 0. The van der Waals surface area contributed by atoms with Crippen molar-refractivity contribution in [2.75, 3.05) is 19.8 Å². The molecular formula is C8H21O5P. The largest absolute Gasteiger partial charge is 0.469 e. The topological polar surface area (TPSA) is 76.0 Å². The van der Waals surface area contributed by atoms with Gasteiger partial charge in [0.25, 0.3) is 0 Å². The average Bonchev–Trinajstić information content (AvgIpc) is 2.05. The second-order valence-corrected chi connectivity index (χ2v) is 3.70. The molecule has 2 N–H and O–H groups in total. The molecule has 0 saturated carbocycles. The third-order valence-corrected chi connectivity index (χ3v) is 1.68. The van der Waals surface area contributed by atoms with Gasteiger partial charge in [-0.2, -0.15) is 0 Å². The molecule has 0 aliphatic heterocycles. The van der Waals surface area contributed by atoms with E-state index in [1.54, 1.807) is 0 Å². The van der Waals surface area contributed by atoms with Gasteiger partial charge in [-0.1, -0.05) is 13.3 Å². The Bertz CT molecular complexity index is 143. The smallest absolute Gasteiger partial charge is 0.382 e. The first kappa shape index (κ1) is 16.5. The zero-order valence-electron chi connectivity index (χ0n) is 9.10. The highest BCUT2D eigenvalue weighted by atomic mass is 31.2. The standard InChI is InChI=1S/C4H11O4P.C4H10O/c1-2-3-4-8-9(5,6)7;1-3-5-4-2/h2-4H2,1H3,(H2,5,6,7);3-4H2,1-2H3. The minimum absolute atomic E-state index is 0.140. The van der Waals surface area contributed by atoms with Crippen molar-refractivity contribution in [3.8, 4) is 0 Å². The Morgan fingerprint density at radius 3 is 1.86 bits per heavy atom. The highest BCUT2D eigenvalue weighted by Crippen LogP contribution is 2.35. The Kier molecular flexibility index (Phi) is 13.1. The molecule has 0 fully saturated rings. The van der Waals surface area contributed by atoms with Crippen LogP contribution in [0.1, 0.15) is 33.6 Å². The molecule has 0 atom stereocenters. The summed E-state index contributed by atoms with van der Waals surface area (Å²) < 4.78 is 18.9. The van der Waals surface area contributed by atoms with E-state index >= 15 is 0 Å². The molecule has 14 heavy (non-hydrogen) atoms. The van der Waals surface area contributed by atoms with Crippen LogP contribution in [0.3, 0.4) is 0 Å². The van der Waals surface area contributed by atoms with Gasteiger partial charge >= 0.3 is 7.82 Å². The van der Waals surface area contributed by atoms with Gasteiger partial charge in [-0.3, -0.25) is 4.52 Å². The normalized spacial score (nSPS) is 10.6. The minimum Gasteiger partial charge on any atom is -0.382 e. The van der Waals surface area contributed by atoms with E-state index in [-0.39, 0.29) is 6.61 Å². The molecule has 0 rings (SSSR count). The van der Waals surface area contributed by atoms with Gasteiger partial charge in [0.1, 0.15) is 0 Å². The Labute approximate surface area is 85.7 Å². The summed E-state index contributed by atoms with van der Waals surface area (Å²) in [5.74, 6) is 0. The van der Waals surface area contributed by atoms with E-state index in [0.717, 1.165) is 19.6 Å². The Morgan fingerprint density at radius 2 is 1.64 bits per heavy atom. The number of phosphoric ester groups is 1. The lowest BCUT2D eigenvalue weighted by Gasteiger charge is -2.02. The molecule has 0 aromatic carbocycles. The van der Waals surface area contributed by atoms with Crippen LogP contribution in [-0.4, -0.2) is 29.6 Å². The van der Waals surface area contributed by atoms with E-state index in [2.05, 4.69) is 4.52 Å². The maximum Gasteiger partial charge on any atom is 0.469 e. The lowest BCUT2D eigenvalue weighted by Crippen LogP contribution is -1.90. The molecule has 0 spiro atoms. The summed E-state index contributed by atoms with van der Waals surface area (Å²) in [6.45, 7) is 7.73. The van der Waals surface area contributed by atoms with Crippen molar-refractivity contribution < 1.29 is 23.6 Å². The molecule has 0 heterocycles. The summed E-state index contributed by atoms with van der Waals surface area (Å²) in [5.41, 5.74) is 0. The predicted molar refractivity (Wildman–Crippen MR) is 55.1 cm³/mol. The van der Waals surface area contributed by atoms with Crippen molar-refractivity contribution in [1.29, 1.82) is 0 Å². The van der Waals surface area contributed by atoms with Crippen molar-refractivity contribution in [2.45, 2.75) is 33.6 Å². The Morgan fingerprint density at radius 1 is 1.14 bits per heavy atom. The van der Waals surface area contributed by atoms with Crippen LogP contribution in [0.25, 0.3) is 0 Å². The first-order chi connectivity index (χ1) is 6.47. The fourth-order valence-electron chi connectivity index (χ4n) is 0.532. The van der Waals surface area contributed by atoms with Crippen LogP contribution in [0.4, 0.5) is 0 Å². The number of hydrogen-bond donors (Lipinski definition) is 2. The van der Waals surface area contributed by atoms with Gasteiger partial charge in [0, 0.05) is 13.2 Å². The molecule has 0 saturated heterocycles. The SMILES string of the molecule is CCCCOP(=O)(O)O.CCOCC. The van der Waals surface area contributed by atoms with Crippen LogP contribution in [0, 0.1) is 0 Å². The third kappa shape index (κ3) is 22.7. The van der Waals surface area contributed by atoms with Crippen LogP contribution < -0.4 is 0 Å². The Hall–Kier alpha value is 0.0700. The summed E-state index contributed by atoms with van der Waals surface area (Å²) in [7, 11) is -4.20. The van der Waals surface area contributed by atoms with Crippen molar-refractivity contribution >= 4 is 7.82 Å². The van der Waals surface area contributed by atoms with E-state index in [0.29, 0.717) is 6.42 Å². The van der Waals surface area contributed by atoms with Gasteiger partial charge < -0.3 is 14.5 Å². The molecule has 88 valence electrons. The molecule has 0 unspecified atom stereocenters. The number of hydrogen-bond acceptors (Lipinski definition) is 3. The van der Waals surface area contributed by atoms with Crippen LogP contribution in [0.5, 0.6) is 0 Å². The van der Waals surface area contributed by atoms with Gasteiger partial charge in [0.15, 0.2) is 0 Å². The van der Waals surface area contributed by atoms with Crippen LogP contribution in [0.2, 0.25) is 0 Å². The molecule has 0 aliphatic carbocycles. The maximum atomic E-state index is 9.98. The first-order valence-electron chi connectivity index (χ1n) is 4.75. The summed E-state index contributed by atoms with van der Waals surface area (Å²) >= 11 is 0. The van der Waals surface area contributed by atoms with Crippen molar-refractivity contribution in [3.63, 3.8) is 0 Å². The summed E-state index contributed by atoms with van der Waals surface area (Å²) in [6.07, 6.45) is 1.56. The van der Waals surface area contributed by atoms with Crippen molar-refractivity contribution in [2.24, 2.45) is 0 Å². The molecular weight excluding hydrogens is 207 g/mol. The molecule has 0 aromatic rings. The molecule has 0 aromatic heterocycles. The number of phosphoric acid groups is 1. The second kappa shape index (κ2) is 11.1. The quantitative estimate of drug-likeness (QED) is 0.536. The monoisotopic (exact) mass is 228 g/mol. The van der Waals surface area contributed by atoms with Crippen molar-refractivity contribution in [3.05, 3.63) is 0 Å². The van der Waals surface area contributed by atoms with Gasteiger partial charge in [-0.15, -0.1) is 0 Å². The lowest BCUT2D eigenvalue weighted by atomic mass is 10.4. The van der Waals surface area contributed by atoms with Gasteiger partial charge in [-0.05, 0) is 20.3 Å². The van der Waals surface area contributed by atoms with E-state index in [9.17, 15) is 4.57 Å². The van der Waals surface area contributed by atoms with E-state index in [1.807, 2.05) is 20.8 Å². The van der Waals surface area contributed by atoms with E-state index in [1.165, 1.54) is 0 Å². The first-order valence-corrected chi connectivity index (χ1v) is 6.28. The minimum atomic E-state index is -4.20. The predicted octanol–water partition coefficient (Wildman–Crippen LogP) is 1.94. The zero-order valence-corrected chi connectivity index (χ0v) is 10.00. The third-order valence-electron chi connectivity index (χ3n) is 1.17. The van der Waals surface area contributed by atoms with E-state index < -0.39 is 7.82 Å². The molecule has 5 nitrogen and oxygen atoms in total. The molecule has 6 heteroatoms. The van der Waals surface area contributed by atoms with Gasteiger partial charge in [0.2, 0.25) is 0 Å². The molecule has 0 amide bonds. The number of rotatable bonds is 6. The van der Waals surface area contributed by atoms with Gasteiger partial charge in [0.05, 0.1) is 6.61 Å². The molecule has 0 aliphatic rings. The van der Waals surface area contributed by atoms with Crippen LogP contribution in [-0.2, 0) is 13.8 Å². The molecule has 0 radical (unpaired) electrons. The van der Waals surface area contributed by atoms with Crippen LogP contribution >= 0.6 is 7.82 Å².